The molecule has 2 heterocycles. The number of hydrogen-bond acceptors (Lipinski definition) is 4. The predicted molar refractivity (Wildman–Crippen MR) is 99.6 cm³/mol. The van der Waals surface area contributed by atoms with Gasteiger partial charge in [0.25, 0.3) is 11.8 Å². The van der Waals surface area contributed by atoms with E-state index in [0.717, 1.165) is 25.7 Å². The molecule has 1 fully saturated rings. The third-order valence-electron chi connectivity index (χ3n) is 3.99. The maximum absolute atomic E-state index is 12.3. The van der Waals surface area contributed by atoms with Crippen molar-refractivity contribution in [3.63, 3.8) is 0 Å². The fraction of sp³-hybridized carbons (Fsp3) is 0.375. The average Bonchev–Trinajstić information content (AvgIpc) is 3.18. The number of nitrogens with one attached hydrogen (secondary N) is 2. The Labute approximate surface area is 158 Å². The first-order valence-electron chi connectivity index (χ1n) is 7.65. The molecule has 2 aromatic heterocycles. The van der Waals surface area contributed by atoms with Gasteiger partial charge in [-0.3, -0.25) is 9.59 Å². The Hall–Kier alpha value is -1.08. The summed E-state index contributed by atoms with van der Waals surface area (Å²) in [5.41, 5.74) is 0. The second-order valence-electron chi connectivity index (χ2n) is 5.65. The molecule has 0 saturated heterocycles. The average molecular weight is 403 g/mol. The molecule has 0 unspecified atom stereocenters. The minimum absolute atomic E-state index is 0.0773. The first-order chi connectivity index (χ1) is 11.5. The number of rotatable bonds is 4. The summed E-state index contributed by atoms with van der Waals surface area (Å²) in [7, 11) is 0. The van der Waals surface area contributed by atoms with E-state index in [1.54, 1.807) is 24.3 Å². The molecule has 1 aliphatic carbocycles. The quantitative estimate of drug-likeness (QED) is 0.785. The maximum atomic E-state index is 12.3. The fourth-order valence-corrected chi connectivity index (χ4v) is 4.72. The molecule has 0 aromatic carbocycles. The van der Waals surface area contributed by atoms with Crippen molar-refractivity contribution in [3.8, 4) is 0 Å². The Balaban J connectivity index is 1.64. The molecule has 0 spiro atoms. The monoisotopic (exact) mass is 402 g/mol. The van der Waals surface area contributed by atoms with E-state index in [4.69, 9.17) is 23.2 Å². The zero-order chi connectivity index (χ0) is 17.1. The smallest absolute Gasteiger partial charge is 0.261 e. The Morgan fingerprint density at radius 3 is 1.58 bits per heavy atom. The van der Waals surface area contributed by atoms with Gasteiger partial charge in [-0.25, -0.2) is 0 Å². The van der Waals surface area contributed by atoms with Gasteiger partial charge in [0.15, 0.2) is 0 Å². The molecule has 2 aromatic rings. The standard InChI is InChI=1S/C16H16Cl2N2O2S2/c17-13-7-5-11(23-13)15(21)19-9-3-1-2-4-10(9)20-16(22)12-6-8-14(18)24-12/h5-10H,1-4H2,(H,19,21)(H,20,22)/t9-,10+. The summed E-state index contributed by atoms with van der Waals surface area (Å²) < 4.78 is 1.17. The van der Waals surface area contributed by atoms with Crippen LogP contribution in [0, 0.1) is 0 Å². The second-order valence-corrected chi connectivity index (χ2v) is 9.08. The van der Waals surface area contributed by atoms with Gasteiger partial charge in [-0.1, -0.05) is 36.0 Å². The molecule has 8 heteroatoms. The van der Waals surface area contributed by atoms with Crippen molar-refractivity contribution in [2.75, 3.05) is 0 Å². The van der Waals surface area contributed by atoms with Crippen molar-refractivity contribution in [3.05, 3.63) is 42.7 Å². The van der Waals surface area contributed by atoms with Gasteiger partial charge in [-0.05, 0) is 37.1 Å². The highest BCUT2D eigenvalue weighted by Crippen LogP contribution is 2.25. The van der Waals surface area contributed by atoms with E-state index in [1.807, 2.05) is 0 Å². The molecule has 24 heavy (non-hydrogen) atoms. The van der Waals surface area contributed by atoms with E-state index >= 15 is 0 Å². The lowest BCUT2D eigenvalue weighted by Gasteiger charge is -2.32. The molecule has 1 saturated carbocycles. The number of amides is 2. The molecule has 1 aliphatic rings. The van der Waals surface area contributed by atoms with Crippen LogP contribution in [0.4, 0.5) is 0 Å². The molecule has 0 bridgehead atoms. The zero-order valence-electron chi connectivity index (χ0n) is 12.7. The molecule has 4 nitrogen and oxygen atoms in total. The van der Waals surface area contributed by atoms with Crippen molar-refractivity contribution in [2.24, 2.45) is 0 Å². The normalized spacial score (nSPS) is 20.6. The predicted octanol–water partition coefficient (Wildman–Crippen LogP) is 4.59. The summed E-state index contributed by atoms with van der Waals surface area (Å²) in [4.78, 5) is 25.9. The van der Waals surface area contributed by atoms with Crippen molar-refractivity contribution < 1.29 is 9.59 Å². The highest BCUT2D eigenvalue weighted by atomic mass is 35.5. The number of carbonyl (C=O) groups is 2. The number of carbonyl (C=O) groups excluding carboxylic acids is 2. The molecule has 3 rings (SSSR count). The lowest BCUT2D eigenvalue weighted by atomic mass is 9.90. The van der Waals surface area contributed by atoms with Gasteiger partial charge in [-0.15, -0.1) is 22.7 Å². The molecule has 0 aliphatic heterocycles. The third kappa shape index (κ3) is 4.30. The van der Waals surface area contributed by atoms with Crippen LogP contribution < -0.4 is 10.6 Å². The lowest BCUT2D eigenvalue weighted by molar-refractivity contribution is 0.0867. The van der Waals surface area contributed by atoms with Gasteiger partial charge in [0, 0.05) is 12.1 Å². The minimum atomic E-state index is -0.141. The first kappa shape index (κ1) is 17.7. The van der Waals surface area contributed by atoms with Crippen molar-refractivity contribution >= 4 is 57.7 Å². The van der Waals surface area contributed by atoms with Crippen LogP contribution in [0.15, 0.2) is 24.3 Å². The Kier molecular flexibility index (Phi) is 5.81. The highest BCUT2D eigenvalue weighted by Gasteiger charge is 2.29. The van der Waals surface area contributed by atoms with Crippen LogP contribution in [0.3, 0.4) is 0 Å². The van der Waals surface area contributed by atoms with Gasteiger partial charge in [-0.2, -0.15) is 0 Å². The van der Waals surface area contributed by atoms with Gasteiger partial charge in [0.2, 0.25) is 0 Å². The molecule has 0 radical (unpaired) electrons. The van der Waals surface area contributed by atoms with E-state index in [-0.39, 0.29) is 23.9 Å². The summed E-state index contributed by atoms with van der Waals surface area (Å²) in [6, 6.07) is 6.69. The SMILES string of the molecule is O=C(N[C@H]1CCCC[C@H]1NC(=O)c1ccc(Cl)s1)c1ccc(Cl)s1. The van der Waals surface area contributed by atoms with Gasteiger partial charge < -0.3 is 10.6 Å². The minimum Gasteiger partial charge on any atom is -0.347 e. The zero-order valence-corrected chi connectivity index (χ0v) is 15.8. The summed E-state index contributed by atoms with van der Waals surface area (Å²) in [6.45, 7) is 0. The number of halogens is 2. The van der Waals surface area contributed by atoms with E-state index in [2.05, 4.69) is 10.6 Å². The van der Waals surface area contributed by atoms with Crippen LogP contribution >= 0.6 is 45.9 Å². The highest BCUT2D eigenvalue weighted by molar-refractivity contribution is 7.18. The third-order valence-corrected chi connectivity index (χ3v) is 6.45. The maximum Gasteiger partial charge on any atom is 0.261 e. The van der Waals surface area contributed by atoms with Crippen LogP contribution in [-0.4, -0.2) is 23.9 Å². The molecule has 2 N–H and O–H groups in total. The Morgan fingerprint density at radius 1 is 0.833 bits per heavy atom. The van der Waals surface area contributed by atoms with Crippen molar-refractivity contribution in [1.29, 1.82) is 0 Å². The summed E-state index contributed by atoms with van der Waals surface area (Å²) in [5, 5.41) is 6.07. The van der Waals surface area contributed by atoms with E-state index in [1.165, 1.54) is 22.7 Å². The molecule has 128 valence electrons. The number of hydrogen-bond donors (Lipinski definition) is 2. The molecule has 2 atom stereocenters. The Bertz CT molecular complexity index is 682. The summed E-state index contributed by atoms with van der Waals surface area (Å²) in [5.74, 6) is -0.283. The topological polar surface area (TPSA) is 58.2 Å². The summed E-state index contributed by atoms with van der Waals surface area (Å²) >= 11 is 14.3. The van der Waals surface area contributed by atoms with Crippen LogP contribution in [0.1, 0.15) is 45.0 Å². The largest absolute Gasteiger partial charge is 0.347 e. The lowest BCUT2D eigenvalue weighted by Crippen LogP contribution is -2.53. The molecular formula is C16H16Cl2N2O2S2. The van der Waals surface area contributed by atoms with E-state index in [9.17, 15) is 9.59 Å². The van der Waals surface area contributed by atoms with Gasteiger partial charge in [0.05, 0.1) is 18.4 Å². The Morgan fingerprint density at radius 2 is 1.25 bits per heavy atom. The van der Waals surface area contributed by atoms with Crippen LogP contribution in [0.25, 0.3) is 0 Å². The molecule has 2 amide bonds. The van der Waals surface area contributed by atoms with Crippen LogP contribution in [0.5, 0.6) is 0 Å². The summed E-state index contributed by atoms with van der Waals surface area (Å²) in [6.07, 6.45) is 3.77. The van der Waals surface area contributed by atoms with Gasteiger partial charge >= 0.3 is 0 Å². The van der Waals surface area contributed by atoms with Gasteiger partial charge in [0.1, 0.15) is 0 Å². The van der Waals surface area contributed by atoms with E-state index < -0.39 is 0 Å². The number of thiophene rings is 2. The molecular weight excluding hydrogens is 387 g/mol. The first-order valence-corrected chi connectivity index (χ1v) is 10.0. The van der Waals surface area contributed by atoms with Crippen LogP contribution in [0.2, 0.25) is 8.67 Å². The fourth-order valence-electron chi connectivity index (χ4n) is 2.83. The van der Waals surface area contributed by atoms with Crippen molar-refractivity contribution in [1.82, 2.24) is 10.6 Å². The van der Waals surface area contributed by atoms with E-state index in [0.29, 0.717) is 18.4 Å². The van der Waals surface area contributed by atoms with Crippen molar-refractivity contribution in [2.45, 2.75) is 37.8 Å². The second kappa shape index (κ2) is 7.87. The van der Waals surface area contributed by atoms with Crippen LogP contribution in [-0.2, 0) is 0 Å².